The highest BCUT2D eigenvalue weighted by Gasteiger charge is 2.27. The van der Waals surface area contributed by atoms with E-state index in [2.05, 4.69) is 10.6 Å². The molecule has 2 aromatic carbocycles. The Morgan fingerprint density at radius 3 is 1.97 bits per heavy atom. The number of aliphatic carboxylic acids is 1. The molecule has 0 saturated carbocycles. The smallest absolute Gasteiger partial charge is 0.408 e. The number of amides is 2. The molecular formula is C23H28N2O5. The average molecular weight is 412 g/mol. The lowest BCUT2D eigenvalue weighted by molar-refractivity contribution is -0.142. The normalized spacial score (nSPS) is 12.6. The summed E-state index contributed by atoms with van der Waals surface area (Å²) in [5, 5.41) is 14.6. The van der Waals surface area contributed by atoms with Gasteiger partial charge < -0.3 is 20.5 Å². The monoisotopic (exact) mass is 412 g/mol. The molecule has 0 radical (unpaired) electrons. The van der Waals surface area contributed by atoms with Gasteiger partial charge in [-0.2, -0.15) is 0 Å². The van der Waals surface area contributed by atoms with Crippen molar-refractivity contribution >= 4 is 18.0 Å². The lowest BCUT2D eigenvalue weighted by Crippen LogP contribution is -2.52. The van der Waals surface area contributed by atoms with E-state index in [-0.39, 0.29) is 18.9 Å². The zero-order chi connectivity index (χ0) is 21.9. The zero-order valence-corrected chi connectivity index (χ0v) is 17.2. The van der Waals surface area contributed by atoms with Crippen LogP contribution in [0.5, 0.6) is 0 Å². The van der Waals surface area contributed by atoms with E-state index in [9.17, 15) is 19.5 Å². The fourth-order valence-corrected chi connectivity index (χ4v) is 2.93. The largest absolute Gasteiger partial charge is 0.480 e. The van der Waals surface area contributed by atoms with E-state index in [4.69, 9.17) is 4.74 Å². The molecule has 7 heteroatoms. The first-order chi connectivity index (χ1) is 14.3. The van der Waals surface area contributed by atoms with E-state index >= 15 is 0 Å². The van der Waals surface area contributed by atoms with E-state index in [0.29, 0.717) is 6.42 Å². The van der Waals surface area contributed by atoms with Crippen molar-refractivity contribution in [1.82, 2.24) is 10.6 Å². The fraction of sp³-hybridized carbons (Fsp3) is 0.348. The van der Waals surface area contributed by atoms with Gasteiger partial charge in [0.05, 0.1) is 0 Å². The molecule has 2 atom stereocenters. The van der Waals surface area contributed by atoms with E-state index in [1.54, 1.807) is 12.1 Å². The predicted molar refractivity (Wildman–Crippen MR) is 113 cm³/mol. The Labute approximate surface area is 176 Å². The molecule has 7 nitrogen and oxygen atoms in total. The molecule has 0 aliphatic heterocycles. The Hall–Kier alpha value is -3.35. The van der Waals surface area contributed by atoms with Gasteiger partial charge >= 0.3 is 12.1 Å². The van der Waals surface area contributed by atoms with Gasteiger partial charge in [-0.1, -0.05) is 74.5 Å². The standard InChI is InChI=1S/C23H28N2O5/c1-16(2)13-19(25-23(29)30-15-18-11-7-4-8-12-18)21(26)24-20(22(27)28)14-17-9-5-3-6-10-17/h3-12,16,19-20H,13-15H2,1-2H3,(H,24,26)(H,25,29)(H,27,28)/t19-,20+/m0/s1. The van der Waals surface area contributed by atoms with Crippen LogP contribution in [0.25, 0.3) is 0 Å². The van der Waals surface area contributed by atoms with Crippen molar-refractivity contribution in [2.75, 3.05) is 0 Å². The van der Waals surface area contributed by atoms with Crippen molar-refractivity contribution in [2.24, 2.45) is 5.92 Å². The maximum atomic E-state index is 12.7. The van der Waals surface area contributed by atoms with Crippen molar-refractivity contribution in [3.8, 4) is 0 Å². The summed E-state index contributed by atoms with van der Waals surface area (Å²) in [6, 6.07) is 16.2. The summed E-state index contributed by atoms with van der Waals surface area (Å²) in [4.78, 5) is 36.6. The minimum absolute atomic E-state index is 0.0778. The summed E-state index contributed by atoms with van der Waals surface area (Å²) in [6.45, 7) is 3.90. The number of carboxylic acid groups (broad SMARTS) is 1. The van der Waals surface area contributed by atoms with Crippen molar-refractivity contribution in [3.63, 3.8) is 0 Å². The summed E-state index contributed by atoms with van der Waals surface area (Å²) in [7, 11) is 0. The highest BCUT2D eigenvalue weighted by atomic mass is 16.5. The fourth-order valence-electron chi connectivity index (χ4n) is 2.93. The molecule has 3 N–H and O–H groups in total. The third-order valence-electron chi connectivity index (χ3n) is 4.43. The molecule has 0 aromatic heterocycles. The van der Waals surface area contributed by atoms with Gasteiger partial charge in [-0.25, -0.2) is 9.59 Å². The van der Waals surface area contributed by atoms with Crippen molar-refractivity contribution in [3.05, 3.63) is 71.8 Å². The van der Waals surface area contributed by atoms with Crippen molar-refractivity contribution in [2.45, 2.75) is 45.4 Å². The molecule has 0 aliphatic carbocycles. The molecule has 0 spiro atoms. The van der Waals surface area contributed by atoms with Crippen molar-refractivity contribution in [1.29, 1.82) is 0 Å². The Morgan fingerprint density at radius 2 is 1.43 bits per heavy atom. The first-order valence-electron chi connectivity index (χ1n) is 9.89. The summed E-state index contributed by atoms with van der Waals surface area (Å²) in [6.07, 6.45) is -0.229. The lowest BCUT2D eigenvalue weighted by atomic mass is 10.0. The second-order valence-corrected chi connectivity index (χ2v) is 7.48. The predicted octanol–water partition coefficient (Wildman–Crippen LogP) is 3.14. The summed E-state index contributed by atoms with van der Waals surface area (Å²) >= 11 is 0. The number of carboxylic acids is 1. The molecule has 2 rings (SSSR count). The summed E-state index contributed by atoms with van der Waals surface area (Å²) in [5.74, 6) is -1.58. The third-order valence-corrected chi connectivity index (χ3v) is 4.43. The van der Waals surface area contributed by atoms with Crippen LogP contribution in [0.15, 0.2) is 60.7 Å². The van der Waals surface area contributed by atoms with Crippen LogP contribution in [-0.4, -0.2) is 35.2 Å². The molecule has 2 amide bonds. The highest BCUT2D eigenvalue weighted by molar-refractivity contribution is 5.89. The summed E-state index contributed by atoms with van der Waals surface area (Å²) in [5.41, 5.74) is 1.62. The molecule has 30 heavy (non-hydrogen) atoms. The topological polar surface area (TPSA) is 105 Å². The molecule has 2 aromatic rings. The Morgan fingerprint density at radius 1 is 0.867 bits per heavy atom. The first kappa shape index (κ1) is 22.9. The quantitative estimate of drug-likeness (QED) is 0.556. The van der Waals surface area contributed by atoms with Crippen LogP contribution in [-0.2, 0) is 27.4 Å². The molecule has 0 aliphatic rings. The second kappa shape index (κ2) is 11.6. The third kappa shape index (κ3) is 7.95. The first-order valence-corrected chi connectivity index (χ1v) is 9.89. The average Bonchev–Trinajstić information content (AvgIpc) is 2.72. The van der Waals surface area contributed by atoms with Crippen LogP contribution in [0.2, 0.25) is 0 Å². The highest BCUT2D eigenvalue weighted by Crippen LogP contribution is 2.09. The number of benzene rings is 2. The number of ether oxygens (including phenoxy) is 1. The SMILES string of the molecule is CC(C)C[C@H](NC(=O)OCc1ccccc1)C(=O)N[C@H](Cc1ccccc1)C(=O)O. The van der Waals surface area contributed by atoms with Crippen LogP contribution in [0.1, 0.15) is 31.4 Å². The number of hydrogen-bond donors (Lipinski definition) is 3. The molecule has 0 fully saturated rings. The molecule has 160 valence electrons. The van der Waals surface area contributed by atoms with E-state index in [0.717, 1.165) is 11.1 Å². The number of hydrogen-bond acceptors (Lipinski definition) is 4. The minimum atomic E-state index is -1.14. The van der Waals surface area contributed by atoms with Crippen LogP contribution in [0.3, 0.4) is 0 Å². The number of carbonyl (C=O) groups is 3. The van der Waals surface area contributed by atoms with E-state index < -0.39 is 30.1 Å². The molecule has 0 unspecified atom stereocenters. The summed E-state index contributed by atoms with van der Waals surface area (Å²) < 4.78 is 5.19. The van der Waals surface area contributed by atoms with E-state index in [1.165, 1.54) is 0 Å². The second-order valence-electron chi connectivity index (χ2n) is 7.48. The van der Waals surface area contributed by atoms with Gasteiger partial charge in [-0.05, 0) is 23.5 Å². The van der Waals surface area contributed by atoms with Gasteiger partial charge in [0.1, 0.15) is 18.7 Å². The molecule has 0 saturated heterocycles. The van der Waals surface area contributed by atoms with Gasteiger partial charge in [0.2, 0.25) is 5.91 Å². The Kier molecular flexibility index (Phi) is 8.87. The van der Waals surface area contributed by atoms with Gasteiger partial charge in [0.15, 0.2) is 0 Å². The van der Waals surface area contributed by atoms with Crippen molar-refractivity contribution < 1.29 is 24.2 Å². The maximum Gasteiger partial charge on any atom is 0.408 e. The lowest BCUT2D eigenvalue weighted by Gasteiger charge is -2.22. The van der Waals surface area contributed by atoms with Gasteiger partial charge in [-0.15, -0.1) is 0 Å². The van der Waals surface area contributed by atoms with E-state index in [1.807, 2.05) is 62.4 Å². The van der Waals surface area contributed by atoms with Gasteiger partial charge in [0.25, 0.3) is 0 Å². The Bertz CT molecular complexity index is 824. The number of alkyl carbamates (subject to hydrolysis) is 1. The van der Waals surface area contributed by atoms with Crippen LogP contribution < -0.4 is 10.6 Å². The van der Waals surface area contributed by atoms with Crippen LogP contribution in [0, 0.1) is 5.92 Å². The maximum absolute atomic E-state index is 12.7. The molecular weight excluding hydrogens is 384 g/mol. The molecule has 0 bridgehead atoms. The minimum Gasteiger partial charge on any atom is -0.480 e. The number of nitrogens with one attached hydrogen (secondary N) is 2. The van der Waals surface area contributed by atoms with Gasteiger partial charge in [-0.3, -0.25) is 4.79 Å². The van der Waals surface area contributed by atoms with Crippen LogP contribution >= 0.6 is 0 Å². The van der Waals surface area contributed by atoms with Crippen LogP contribution in [0.4, 0.5) is 4.79 Å². The number of carbonyl (C=O) groups excluding carboxylic acids is 2. The molecule has 0 heterocycles. The zero-order valence-electron chi connectivity index (χ0n) is 17.2. The Balaban J connectivity index is 1.98. The number of rotatable bonds is 10. The van der Waals surface area contributed by atoms with Gasteiger partial charge in [0, 0.05) is 6.42 Å².